The average Bonchev–Trinajstić information content (AvgIpc) is 3.34. The lowest BCUT2D eigenvalue weighted by atomic mass is 10.00. The van der Waals surface area contributed by atoms with Crippen molar-refractivity contribution < 1.29 is 22.7 Å². The zero-order valence-corrected chi connectivity index (χ0v) is 20.0. The molecule has 0 bridgehead atoms. The van der Waals surface area contributed by atoms with E-state index in [0.29, 0.717) is 44.2 Å². The maximum atomic E-state index is 13.6. The molecule has 3 aromatic rings. The molecular formula is C25H27F3N6O2. The fourth-order valence-corrected chi connectivity index (χ4v) is 5.15. The van der Waals surface area contributed by atoms with Crippen molar-refractivity contribution in [2.45, 2.75) is 45.1 Å². The standard InChI is InChI=1S/C25H27F3N6O2/c1-16-7-10-29-23(36-2)21(16)32-11-8-19(9-12-32)33-15-18-13-30-31-22(18)34(24(33)35)14-17-5-3-4-6-20(17)25(26,27)28/h3-7,10,13,19H,8-9,11-12,14-15H2,1-2H3,(H,30,31). The van der Waals surface area contributed by atoms with Crippen molar-refractivity contribution in [1.29, 1.82) is 0 Å². The van der Waals surface area contributed by atoms with Gasteiger partial charge in [0.15, 0.2) is 5.82 Å². The number of halogens is 3. The van der Waals surface area contributed by atoms with Crippen LogP contribution in [-0.4, -0.2) is 52.4 Å². The summed E-state index contributed by atoms with van der Waals surface area (Å²) in [7, 11) is 1.60. The number of nitrogens with one attached hydrogen (secondary N) is 1. The quantitative estimate of drug-likeness (QED) is 0.547. The molecule has 2 amide bonds. The summed E-state index contributed by atoms with van der Waals surface area (Å²) in [6, 6.07) is 6.90. The highest BCUT2D eigenvalue weighted by Gasteiger charge is 2.40. The van der Waals surface area contributed by atoms with Crippen molar-refractivity contribution in [2.75, 3.05) is 30.0 Å². The minimum absolute atomic E-state index is 0.0307. The fraction of sp³-hybridized carbons (Fsp3) is 0.400. The van der Waals surface area contributed by atoms with E-state index in [1.165, 1.54) is 17.0 Å². The number of rotatable bonds is 5. The van der Waals surface area contributed by atoms with Crippen LogP contribution in [0.25, 0.3) is 0 Å². The van der Waals surface area contributed by atoms with Gasteiger partial charge in [-0.1, -0.05) is 18.2 Å². The number of ether oxygens (including phenoxy) is 1. The lowest BCUT2D eigenvalue weighted by Crippen LogP contribution is -2.54. The van der Waals surface area contributed by atoms with E-state index in [2.05, 4.69) is 20.1 Å². The number of aryl methyl sites for hydroxylation is 1. The molecule has 11 heteroatoms. The van der Waals surface area contributed by atoms with Gasteiger partial charge in [-0.3, -0.25) is 10.00 Å². The Balaban J connectivity index is 1.37. The second kappa shape index (κ2) is 9.36. The average molecular weight is 501 g/mol. The smallest absolute Gasteiger partial charge is 0.416 e. The number of piperidine rings is 1. The van der Waals surface area contributed by atoms with Crippen LogP contribution in [0, 0.1) is 6.92 Å². The van der Waals surface area contributed by atoms with Gasteiger partial charge in [0.05, 0.1) is 25.8 Å². The van der Waals surface area contributed by atoms with Gasteiger partial charge in [-0.2, -0.15) is 18.3 Å². The minimum Gasteiger partial charge on any atom is -0.480 e. The Morgan fingerprint density at radius 2 is 1.92 bits per heavy atom. The summed E-state index contributed by atoms with van der Waals surface area (Å²) in [6.45, 7) is 3.56. The third kappa shape index (κ3) is 4.33. The lowest BCUT2D eigenvalue weighted by Gasteiger charge is -2.43. The molecular weight excluding hydrogens is 473 g/mol. The SMILES string of the molecule is COc1nccc(C)c1N1CCC(N2Cc3c[nH]nc3N(Cc3ccccc3C(F)(F)F)C2=O)CC1. The number of alkyl halides is 3. The summed E-state index contributed by atoms with van der Waals surface area (Å²) in [4.78, 5) is 23.3. The summed E-state index contributed by atoms with van der Waals surface area (Å²) in [5.41, 5.74) is 2.08. The summed E-state index contributed by atoms with van der Waals surface area (Å²) in [6.07, 6.45) is 0.329. The Morgan fingerprint density at radius 3 is 2.64 bits per heavy atom. The number of carbonyl (C=O) groups excluding carboxylic acids is 1. The molecule has 2 aliphatic rings. The zero-order chi connectivity index (χ0) is 25.4. The number of carbonyl (C=O) groups is 1. The number of methoxy groups -OCH3 is 1. The molecule has 0 spiro atoms. The van der Waals surface area contributed by atoms with E-state index in [9.17, 15) is 18.0 Å². The van der Waals surface area contributed by atoms with Crippen LogP contribution in [0.2, 0.25) is 0 Å². The van der Waals surface area contributed by atoms with Gasteiger partial charge in [0.2, 0.25) is 5.88 Å². The van der Waals surface area contributed by atoms with Gasteiger partial charge in [0, 0.05) is 37.1 Å². The van der Waals surface area contributed by atoms with Gasteiger partial charge < -0.3 is 14.5 Å². The molecule has 1 N–H and O–H groups in total. The summed E-state index contributed by atoms with van der Waals surface area (Å²) < 4.78 is 46.3. The first-order valence-electron chi connectivity index (χ1n) is 11.8. The molecule has 190 valence electrons. The predicted octanol–water partition coefficient (Wildman–Crippen LogP) is 4.75. The second-order valence-corrected chi connectivity index (χ2v) is 9.09. The summed E-state index contributed by atoms with van der Waals surface area (Å²) in [5, 5.41) is 6.95. The highest BCUT2D eigenvalue weighted by atomic mass is 19.4. The number of urea groups is 1. The largest absolute Gasteiger partial charge is 0.480 e. The monoisotopic (exact) mass is 500 g/mol. The van der Waals surface area contributed by atoms with Crippen molar-refractivity contribution in [3.8, 4) is 5.88 Å². The van der Waals surface area contributed by atoms with Gasteiger partial charge in [-0.05, 0) is 43.0 Å². The Labute approximate surface area is 206 Å². The molecule has 8 nitrogen and oxygen atoms in total. The number of aromatic amines is 1. The lowest BCUT2D eigenvalue weighted by molar-refractivity contribution is -0.138. The zero-order valence-electron chi connectivity index (χ0n) is 20.0. The van der Waals surface area contributed by atoms with Crippen LogP contribution >= 0.6 is 0 Å². The fourth-order valence-electron chi connectivity index (χ4n) is 5.15. The van der Waals surface area contributed by atoms with Crippen molar-refractivity contribution >= 4 is 17.5 Å². The number of fused-ring (bicyclic) bond motifs is 1. The van der Waals surface area contributed by atoms with Crippen molar-refractivity contribution in [3.05, 3.63) is 65.0 Å². The van der Waals surface area contributed by atoms with E-state index >= 15 is 0 Å². The Morgan fingerprint density at radius 1 is 1.17 bits per heavy atom. The maximum Gasteiger partial charge on any atom is 0.416 e. The number of nitrogens with zero attached hydrogens (tertiary/aromatic N) is 5. The van der Waals surface area contributed by atoms with Crippen LogP contribution in [0.3, 0.4) is 0 Å². The van der Waals surface area contributed by atoms with Gasteiger partial charge in [-0.15, -0.1) is 0 Å². The molecule has 2 aromatic heterocycles. The van der Waals surface area contributed by atoms with Crippen LogP contribution in [0.5, 0.6) is 5.88 Å². The van der Waals surface area contributed by atoms with E-state index in [1.54, 1.807) is 30.5 Å². The van der Waals surface area contributed by atoms with Crippen LogP contribution in [0.4, 0.5) is 29.5 Å². The highest BCUT2D eigenvalue weighted by molar-refractivity contribution is 5.93. The highest BCUT2D eigenvalue weighted by Crippen LogP contribution is 2.37. The molecule has 1 saturated heterocycles. The first-order chi connectivity index (χ1) is 17.3. The van der Waals surface area contributed by atoms with Gasteiger partial charge in [-0.25, -0.2) is 9.78 Å². The number of hydrogen-bond donors (Lipinski definition) is 1. The van der Waals surface area contributed by atoms with Gasteiger partial charge >= 0.3 is 12.2 Å². The molecule has 5 rings (SSSR count). The second-order valence-electron chi connectivity index (χ2n) is 9.09. The van der Waals surface area contributed by atoms with Crippen LogP contribution in [0.15, 0.2) is 42.7 Å². The Hall–Kier alpha value is -3.76. The molecule has 2 aliphatic heterocycles. The number of amides is 2. The van der Waals surface area contributed by atoms with E-state index in [1.807, 2.05) is 13.0 Å². The summed E-state index contributed by atoms with van der Waals surface area (Å²) in [5.74, 6) is 0.946. The predicted molar refractivity (Wildman–Crippen MR) is 128 cm³/mol. The molecule has 0 radical (unpaired) electrons. The normalized spacial score (nSPS) is 16.9. The molecule has 0 atom stereocenters. The number of H-pyrrole nitrogens is 1. The maximum absolute atomic E-state index is 13.6. The number of pyridine rings is 1. The van der Waals surface area contributed by atoms with Crippen molar-refractivity contribution in [1.82, 2.24) is 20.1 Å². The van der Waals surface area contributed by atoms with Crippen LogP contribution in [-0.2, 0) is 19.3 Å². The number of aromatic nitrogens is 3. The molecule has 0 saturated carbocycles. The van der Waals surface area contributed by atoms with Crippen molar-refractivity contribution in [3.63, 3.8) is 0 Å². The van der Waals surface area contributed by atoms with E-state index < -0.39 is 11.7 Å². The Bertz CT molecular complexity index is 1250. The molecule has 36 heavy (non-hydrogen) atoms. The molecule has 1 fully saturated rings. The first-order valence-corrected chi connectivity index (χ1v) is 11.8. The minimum atomic E-state index is -4.51. The van der Waals surface area contributed by atoms with E-state index in [4.69, 9.17) is 4.74 Å². The summed E-state index contributed by atoms with van der Waals surface area (Å²) >= 11 is 0. The van der Waals surface area contributed by atoms with Crippen LogP contribution < -0.4 is 14.5 Å². The van der Waals surface area contributed by atoms with Crippen molar-refractivity contribution in [2.24, 2.45) is 0 Å². The topological polar surface area (TPSA) is 77.6 Å². The van der Waals surface area contributed by atoms with E-state index in [0.717, 1.165) is 22.9 Å². The third-order valence-electron chi connectivity index (χ3n) is 6.93. The molecule has 4 heterocycles. The van der Waals surface area contributed by atoms with E-state index in [-0.39, 0.29) is 24.2 Å². The molecule has 1 aromatic carbocycles. The van der Waals surface area contributed by atoms with Gasteiger partial charge in [0.1, 0.15) is 5.69 Å². The van der Waals surface area contributed by atoms with Crippen LogP contribution in [0.1, 0.15) is 35.1 Å². The number of hydrogen-bond acceptors (Lipinski definition) is 5. The molecule has 0 unspecified atom stereocenters. The first kappa shape index (κ1) is 24.0. The van der Waals surface area contributed by atoms with Gasteiger partial charge in [0.25, 0.3) is 0 Å². The number of benzene rings is 1. The Kier molecular flexibility index (Phi) is 6.23. The molecule has 0 aliphatic carbocycles. The third-order valence-corrected chi connectivity index (χ3v) is 6.93. The number of anilines is 2.